The predicted octanol–water partition coefficient (Wildman–Crippen LogP) is 5.68. The number of carboxylic acids is 1. The standard InChI is InChI=1S/C16H11ClN2O4.C7H9NO.C6H4ClNO2.CBNO/c1-23-10-7-5-9(6-8-10)19-12-4-2-3-11(17)13(12)18-14(15(19)20)16(21)22;1-9-7-4-2-6(8)3-5-7;7-5-3-1-2-4-6(5)8(9)10;2-3-1-4/h2-8H,1H3,(H,21,22);2-5H,8H2,1H3;1-4H;. The van der Waals surface area contributed by atoms with E-state index in [4.69, 9.17) is 43.2 Å². The number of hydrogen-bond donors (Lipinski definition) is 2. The Kier molecular flexibility index (Phi) is 14.4. The average Bonchev–Trinajstić information content (AvgIpc) is 3.06. The third-order valence-corrected chi connectivity index (χ3v) is 6.21. The van der Waals surface area contributed by atoms with Crippen LogP contribution in [0.5, 0.6) is 11.5 Å². The number of carbonyl (C=O) groups is 1. The molecule has 0 bridgehead atoms. The maximum Gasteiger partial charge on any atom is 0.360 e. The van der Waals surface area contributed by atoms with Gasteiger partial charge in [-0.05, 0) is 66.7 Å². The number of aromatic nitrogens is 2. The lowest BCUT2D eigenvalue weighted by molar-refractivity contribution is -0.384. The number of halogens is 2. The summed E-state index contributed by atoms with van der Waals surface area (Å²) in [6.07, 6.45) is 1.08. The van der Waals surface area contributed by atoms with E-state index in [2.05, 4.69) is 17.9 Å². The molecule has 1 heterocycles. The summed E-state index contributed by atoms with van der Waals surface area (Å²) >= 11 is 11.6. The third-order valence-electron chi connectivity index (χ3n) is 5.59. The summed E-state index contributed by atoms with van der Waals surface area (Å²) in [5.74, 6) is 0.0555. The van der Waals surface area contributed by atoms with Crippen molar-refractivity contribution >= 4 is 65.6 Å². The SMILES string of the molecule is COc1ccc(-n2c(=O)c(C(=O)O)nc3c(Cl)cccc32)cc1.COc1ccc(N)cc1.O=[N+]([O-])c1ccccc1Cl.[B]N=C=O. The van der Waals surface area contributed by atoms with Gasteiger partial charge >= 0.3 is 5.97 Å². The first-order valence-corrected chi connectivity index (χ1v) is 13.4. The van der Waals surface area contributed by atoms with Crippen molar-refractivity contribution in [1.29, 1.82) is 0 Å². The molecule has 0 aliphatic carbocycles. The first kappa shape index (κ1) is 36.5. The van der Waals surface area contributed by atoms with Crippen molar-refractivity contribution in [1.82, 2.24) is 9.55 Å². The number of nitrogens with zero attached hydrogens (tertiary/aromatic N) is 4. The van der Waals surface area contributed by atoms with Crippen LogP contribution in [0.15, 0.2) is 101 Å². The lowest BCUT2D eigenvalue weighted by Gasteiger charge is -2.12. The minimum absolute atomic E-state index is 0.0517. The number of nitro groups is 1. The second-order valence-corrected chi connectivity index (χ2v) is 9.23. The maximum absolute atomic E-state index is 12.5. The highest BCUT2D eigenvalue weighted by Gasteiger charge is 2.19. The Balaban J connectivity index is 0.000000263. The highest BCUT2D eigenvalue weighted by Crippen LogP contribution is 2.24. The second-order valence-electron chi connectivity index (χ2n) is 8.41. The fourth-order valence-electron chi connectivity index (χ4n) is 3.50. The van der Waals surface area contributed by atoms with Gasteiger partial charge in [0, 0.05) is 17.4 Å². The summed E-state index contributed by atoms with van der Waals surface area (Å²) in [6.45, 7) is 0. The molecule has 0 aliphatic heterocycles. The molecular formula is C30H24BCl2N5O8. The molecular weight excluding hydrogens is 640 g/mol. The van der Waals surface area contributed by atoms with Gasteiger partial charge in [0.25, 0.3) is 19.2 Å². The van der Waals surface area contributed by atoms with Crippen molar-refractivity contribution in [2.75, 3.05) is 20.0 Å². The van der Waals surface area contributed by atoms with Gasteiger partial charge in [-0.1, -0.05) is 41.4 Å². The van der Waals surface area contributed by atoms with E-state index in [0.29, 0.717) is 17.0 Å². The van der Waals surface area contributed by atoms with E-state index in [1.807, 2.05) is 12.1 Å². The number of hydrogen-bond acceptors (Lipinski definition) is 10. The maximum atomic E-state index is 12.5. The quantitative estimate of drug-likeness (QED) is 0.0591. The normalized spacial score (nSPS) is 9.48. The second kappa shape index (κ2) is 18.2. The molecule has 0 amide bonds. The van der Waals surface area contributed by atoms with Crippen LogP contribution in [-0.2, 0) is 4.79 Å². The zero-order valence-electron chi connectivity index (χ0n) is 24.2. The number of carboxylic acid groups (broad SMARTS) is 1. The zero-order chi connectivity index (χ0) is 34.2. The van der Waals surface area contributed by atoms with E-state index >= 15 is 0 Å². The first-order valence-electron chi connectivity index (χ1n) is 12.6. The first-order chi connectivity index (χ1) is 22.0. The summed E-state index contributed by atoms with van der Waals surface area (Å²) in [4.78, 5) is 48.6. The van der Waals surface area contributed by atoms with Gasteiger partial charge in [-0.15, -0.1) is 0 Å². The molecule has 4 aromatic carbocycles. The summed E-state index contributed by atoms with van der Waals surface area (Å²) in [7, 11) is 7.39. The highest BCUT2D eigenvalue weighted by atomic mass is 35.5. The van der Waals surface area contributed by atoms with E-state index in [0.717, 1.165) is 17.5 Å². The van der Waals surface area contributed by atoms with Gasteiger partial charge in [-0.2, -0.15) is 0 Å². The van der Waals surface area contributed by atoms with E-state index in [9.17, 15) is 24.8 Å². The number of nitro benzene ring substituents is 1. The van der Waals surface area contributed by atoms with E-state index in [1.54, 1.807) is 73.8 Å². The summed E-state index contributed by atoms with van der Waals surface area (Å²) in [5, 5.41) is 19.8. The predicted molar refractivity (Wildman–Crippen MR) is 175 cm³/mol. The molecule has 0 saturated carbocycles. The van der Waals surface area contributed by atoms with Gasteiger partial charge in [0.05, 0.1) is 29.7 Å². The number of rotatable bonds is 5. The van der Waals surface area contributed by atoms with Crippen LogP contribution in [0.1, 0.15) is 10.5 Å². The van der Waals surface area contributed by atoms with Gasteiger partial charge in [-0.25, -0.2) is 14.6 Å². The van der Waals surface area contributed by atoms with Crippen LogP contribution < -0.4 is 20.8 Å². The lowest BCUT2D eigenvalue weighted by Crippen LogP contribution is -2.27. The van der Waals surface area contributed by atoms with Crippen LogP contribution in [0, 0.1) is 10.1 Å². The number of nitrogen functional groups attached to an aromatic ring is 1. The number of benzene rings is 4. The van der Waals surface area contributed by atoms with Crippen LogP contribution in [0.3, 0.4) is 0 Å². The molecule has 16 heteroatoms. The molecule has 0 atom stereocenters. The number of nitrogens with two attached hydrogens (primary N) is 1. The number of isocyanates is 1. The molecule has 2 radical (unpaired) electrons. The van der Waals surface area contributed by atoms with Crippen molar-refractivity contribution in [2.45, 2.75) is 0 Å². The fraction of sp³-hybridized carbons (Fsp3) is 0.0667. The topological polar surface area (TPSA) is 189 Å². The van der Waals surface area contributed by atoms with E-state index in [-0.39, 0.29) is 21.2 Å². The highest BCUT2D eigenvalue weighted by molar-refractivity contribution is 6.35. The Morgan fingerprint density at radius 3 is 1.93 bits per heavy atom. The minimum Gasteiger partial charge on any atom is -0.497 e. The molecule has 0 unspecified atom stereocenters. The van der Waals surface area contributed by atoms with Crippen molar-refractivity contribution in [3.63, 3.8) is 0 Å². The van der Waals surface area contributed by atoms with Gasteiger partial charge < -0.3 is 20.3 Å². The van der Waals surface area contributed by atoms with Crippen LogP contribution in [-0.4, -0.2) is 53.8 Å². The molecule has 0 saturated heterocycles. The Hall–Kier alpha value is -5.69. The molecule has 0 aliphatic rings. The molecule has 234 valence electrons. The number of ether oxygens (including phenoxy) is 2. The Bertz CT molecular complexity index is 1900. The van der Waals surface area contributed by atoms with Crippen LogP contribution in [0.4, 0.5) is 11.4 Å². The smallest absolute Gasteiger partial charge is 0.360 e. The van der Waals surface area contributed by atoms with Gasteiger partial charge in [0.2, 0.25) is 11.8 Å². The number of para-hydroxylation sites is 2. The van der Waals surface area contributed by atoms with E-state index < -0.39 is 22.1 Å². The Morgan fingerprint density at radius 1 is 0.957 bits per heavy atom. The fourth-order valence-corrected chi connectivity index (χ4v) is 3.92. The number of fused-ring (bicyclic) bond motifs is 1. The number of anilines is 1. The van der Waals surface area contributed by atoms with Crippen molar-refractivity contribution < 1.29 is 29.1 Å². The van der Waals surface area contributed by atoms with Crippen LogP contribution in [0.2, 0.25) is 10.0 Å². The van der Waals surface area contributed by atoms with Crippen LogP contribution in [0.25, 0.3) is 16.7 Å². The largest absolute Gasteiger partial charge is 0.497 e. The summed E-state index contributed by atoms with van der Waals surface area (Å²) in [6, 6.07) is 24.9. The average molecular weight is 664 g/mol. The molecule has 13 nitrogen and oxygen atoms in total. The van der Waals surface area contributed by atoms with Crippen molar-refractivity contribution in [3.05, 3.63) is 127 Å². The van der Waals surface area contributed by atoms with Crippen molar-refractivity contribution in [3.8, 4) is 17.2 Å². The zero-order valence-corrected chi connectivity index (χ0v) is 25.7. The third kappa shape index (κ3) is 10.2. The number of carbonyl (C=O) groups excluding carboxylic acids is 1. The molecule has 0 fully saturated rings. The molecule has 0 spiro atoms. The van der Waals surface area contributed by atoms with Gasteiger partial charge in [-0.3, -0.25) is 24.4 Å². The van der Waals surface area contributed by atoms with E-state index in [1.165, 1.54) is 23.8 Å². The molecule has 5 aromatic rings. The molecule has 5 rings (SSSR count). The number of methoxy groups -OCH3 is 2. The molecule has 1 aromatic heterocycles. The minimum atomic E-state index is -1.40. The van der Waals surface area contributed by atoms with Gasteiger partial charge in [0.15, 0.2) is 0 Å². The number of aromatic carboxylic acids is 1. The Morgan fingerprint density at radius 2 is 1.48 bits per heavy atom. The van der Waals surface area contributed by atoms with Gasteiger partial charge in [0.1, 0.15) is 22.0 Å². The Labute approximate surface area is 273 Å². The monoisotopic (exact) mass is 663 g/mol. The van der Waals surface area contributed by atoms with Crippen molar-refractivity contribution in [2.24, 2.45) is 4.90 Å². The molecule has 46 heavy (non-hydrogen) atoms. The summed E-state index contributed by atoms with van der Waals surface area (Å²) < 4.78 is 11.3. The van der Waals surface area contributed by atoms with Crippen LogP contribution >= 0.6 is 23.2 Å². The molecule has 3 N–H and O–H groups in total. The summed E-state index contributed by atoms with van der Waals surface area (Å²) in [5.41, 5.74) is 6.00. The lowest BCUT2D eigenvalue weighted by atomic mass is 10.2.